The Labute approximate surface area is 90.2 Å². The van der Waals surface area contributed by atoms with Gasteiger partial charge in [-0.15, -0.1) is 0 Å². The number of hydrogen-bond donors (Lipinski definition) is 1. The SMILES string of the molecule is Brc1ccc2[nH]c3c(c2c1)CCN=C3. The standard InChI is InChI=1S/C11H9BrN2/c12-7-1-2-10-9(5-7)8-3-4-13-6-11(8)14-10/h1-2,5-6,14H,3-4H2. The van der Waals surface area contributed by atoms with Gasteiger partial charge in [0.05, 0.1) is 5.69 Å². The highest BCUT2D eigenvalue weighted by Gasteiger charge is 2.12. The average molecular weight is 249 g/mol. The maximum atomic E-state index is 4.27. The molecule has 0 bridgehead atoms. The van der Waals surface area contributed by atoms with Gasteiger partial charge in [-0.05, 0) is 30.2 Å². The van der Waals surface area contributed by atoms with Crippen LogP contribution in [0.1, 0.15) is 11.3 Å². The van der Waals surface area contributed by atoms with Crippen molar-refractivity contribution < 1.29 is 0 Å². The van der Waals surface area contributed by atoms with Gasteiger partial charge in [0.2, 0.25) is 0 Å². The van der Waals surface area contributed by atoms with E-state index in [1.54, 1.807) is 0 Å². The Bertz CT molecular complexity index is 525. The minimum absolute atomic E-state index is 0.909. The summed E-state index contributed by atoms with van der Waals surface area (Å²) in [7, 11) is 0. The molecule has 0 unspecified atom stereocenters. The van der Waals surface area contributed by atoms with Gasteiger partial charge >= 0.3 is 0 Å². The van der Waals surface area contributed by atoms with Crippen molar-refractivity contribution in [3.05, 3.63) is 33.9 Å². The Morgan fingerprint density at radius 2 is 2.29 bits per heavy atom. The zero-order chi connectivity index (χ0) is 9.54. The van der Waals surface area contributed by atoms with Gasteiger partial charge in [0.15, 0.2) is 0 Å². The predicted molar refractivity (Wildman–Crippen MR) is 62.2 cm³/mol. The van der Waals surface area contributed by atoms with Gasteiger partial charge in [0.25, 0.3) is 0 Å². The largest absolute Gasteiger partial charge is 0.354 e. The van der Waals surface area contributed by atoms with Crippen LogP contribution in [0, 0.1) is 0 Å². The van der Waals surface area contributed by atoms with Crippen LogP contribution in [0.3, 0.4) is 0 Å². The highest BCUT2D eigenvalue weighted by molar-refractivity contribution is 9.10. The zero-order valence-corrected chi connectivity index (χ0v) is 9.13. The second-order valence-electron chi connectivity index (χ2n) is 3.49. The third-order valence-corrected chi connectivity index (χ3v) is 3.11. The highest BCUT2D eigenvalue weighted by atomic mass is 79.9. The Kier molecular flexibility index (Phi) is 1.74. The van der Waals surface area contributed by atoms with Crippen LogP contribution < -0.4 is 0 Å². The fourth-order valence-corrected chi connectivity index (χ4v) is 2.31. The Morgan fingerprint density at radius 3 is 3.21 bits per heavy atom. The van der Waals surface area contributed by atoms with Gasteiger partial charge in [0, 0.05) is 28.1 Å². The summed E-state index contributed by atoms with van der Waals surface area (Å²) in [5.74, 6) is 0. The molecule has 1 N–H and O–H groups in total. The van der Waals surface area contributed by atoms with Crippen molar-refractivity contribution in [2.24, 2.45) is 4.99 Å². The van der Waals surface area contributed by atoms with Gasteiger partial charge in [0.1, 0.15) is 0 Å². The summed E-state index contributed by atoms with van der Waals surface area (Å²) in [5.41, 5.74) is 3.77. The molecule has 1 aliphatic rings. The number of halogens is 1. The Hall–Kier alpha value is -1.09. The van der Waals surface area contributed by atoms with Gasteiger partial charge < -0.3 is 4.98 Å². The molecule has 0 aliphatic carbocycles. The lowest BCUT2D eigenvalue weighted by atomic mass is 10.1. The van der Waals surface area contributed by atoms with E-state index >= 15 is 0 Å². The molecule has 1 aromatic carbocycles. The molecule has 0 amide bonds. The molecule has 70 valence electrons. The van der Waals surface area contributed by atoms with Crippen molar-refractivity contribution in [3.8, 4) is 0 Å². The van der Waals surface area contributed by atoms with Crippen molar-refractivity contribution in [1.29, 1.82) is 0 Å². The van der Waals surface area contributed by atoms with Crippen molar-refractivity contribution >= 4 is 33.0 Å². The normalized spacial score (nSPS) is 14.6. The molecule has 2 heterocycles. The summed E-state index contributed by atoms with van der Waals surface area (Å²) in [6, 6.07) is 6.33. The van der Waals surface area contributed by atoms with E-state index in [4.69, 9.17) is 0 Å². The fraction of sp³-hybridized carbons (Fsp3) is 0.182. The summed E-state index contributed by atoms with van der Waals surface area (Å²) in [6.07, 6.45) is 2.98. The third kappa shape index (κ3) is 1.12. The number of nitrogens with zero attached hydrogens (tertiary/aromatic N) is 1. The smallest absolute Gasteiger partial charge is 0.0605 e. The van der Waals surface area contributed by atoms with E-state index in [0.29, 0.717) is 0 Å². The fourth-order valence-electron chi connectivity index (χ4n) is 1.95. The number of hydrogen-bond acceptors (Lipinski definition) is 1. The van der Waals surface area contributed by atoms with Crippen LogP contribution in [0.5, 0.6) is 0 Å². The lowest BCUT2D eigenvalue weighted by Crippen LogP contribution is -2.00. The monoisotopic (exact) mass is 248 g/mol. The summed E-state index contributed by atoms with van der Waals surface area (Å²) >= 11 is 3.50. The molecular weight excluding hydrogens is 240 g/mol. The Morgan fingerprint density at radius 1 is 1.36 bits per heavy atom. The van der Waals surface area contributed by atoms with Crippen LogP contribution in [-0.4, -0.2) is 17.7 Å². The molecule has 3 rings (SSSR count). The molecule has 0 spiro atoms. The second-order valence-corrected chi connectivity index (χ2v) is 4.41. The molecule has 2 aromatic rings. The highest BCUT2D eigenvalue weighted by Crippen LogP contribution is 2.26. The predicted octanol–water partition coefficient (Wildman–Crippen LogP) is 2.91. The molecule has 0 saturated carbocycles. The van der Waals surface area contributed by atoms with Crippen LogP contribution in [0.25, 0.3) is 10.9 Å². The molecule has 1 aromatic heterocycles. The number of rotatable bonds is 0. The van der Waals surface area contributed by atoms with Crippen LogP contribution in [-0.2, 0) is 6.42 Å². The number of fused-ring (bicyclic) bond motifs is 3. The second kappa shape index (κ2) is 2.95. The maximum Gasteiger partial charge on any atom is 0.0605 e. The minimum atomic E-state index is 0.909. The number of aromatic nitrogens is 1. The minimum Gasteiger partial charge on any atom is -0.354 e. The van der Waals surface area contributed by atoms with Crippen LogP contribution in [0.4, 0.5) is 0 Å². The van der Waals surface area contributed by atoms with E-state index in [2.05, 4.69) is 44.1 Å². The number of aromatic amines is 1. The maximum absolute atomic E-state index is 4.27. The summed E-state index contributed by atoms with van der Waals surface area (Å²) in [4.78, 5) is 7.64. The van der Waals surface area contributed by atoms with E-state index < -0.39 is 0 Å². The first-order valence-electron chi connectivity index (χ1n) is 4.64. The lowest BCUT2D eigenvalue weighted by Gasteiger charge is -2.03. The van der Waals surface area contributed by atoms with Gasteiger partial charge in [-0.2, -0.15) is 0 Å². The first-order chi connectivity index (χ1) is 6.84. The van der Waals surface area contributed by atoms with Crippen molar-refractivity contribution in [1.82, 2.24) is 4.98 Å². The summed E-state index contributed by atoms with van der Waals surface area (Å²) in [5, 5.41) is 1.32. The number of H-pyrrole nitrogens is 1. The average Bonchev–Trinajstić information content (AvgIpc) is 2.56. The first-order valence-corrected chi connectivity index (χ1v) is 5.44. The van der Waals surface area contributed by atoms with Gasteiger partial charge in [-0.3, -0.25) is 4.99 Å². The molecule has 0 atom stereocenters. The first kappa shape index (κ1) is 8.24. The van der Waals surface area contributed by atoms with Crippen molar-refractivity contribution in [2.45, 2.75) is 6.42 Å². The zero-order valence-electron chi connectivity index (χ0n) is 7.55. The molecule has 14 heavy (non-hydrogen) atoms. The summed E-state index contributed by atoms with van der Waals surface area (Å²) in [6.45, 7) is 0.909. The van der Waals surface area contributed by atoms with Crippen LogP contribution >= 0.6 is 15.9 Å². The van der Waals surface area contributed by atoms with E-state index in [1.807, 2.05) is 6.21 Å². The number of benzene rings is 1. The van der Waals surface area contributed by atoms with Crippen molar-refractivity contribution in [2.75, 3.05) is 6.54 Å². The lowest BCUT2D eigenvalue weighted by molar-refractivity contribution is 0.957. The number of aliphatic imine (C=N–C) groups is 1. The molecule has 0 saturated heterocycles. The van der Waals surface area contributed by atoms with E-state index in [-0.39, 0.29) is 0 Å². The molecule has 0 radical (unpaired) electrons. The molecule has 2 nitrogen and oxygen atoms in total. The summed E-state index contributed by atoms with van der Waals surface area (Å²) < 4.78 is 1.13. The van der Waals surface area contributed by atoms with E-state index in [9.17, 15) is 0 Å². The van der Waals surface area contributed by atoms with Crippen molar-refractivity contribution in [3.63, 3.8) is 0 Å². The van der Waals surface area contributed by atoms with Gasteiger partial charge in [-0.1, -0.05) is 15.9 Å². The van der Waals surface area contributed by atoms with E-state index in [0.717, 1.165) is 17.4 Å². The molecular formula is C11H9BrN2. The van der Waals surface area contributed by atoms with Crippen LogP contribution in [0.2, 0.25) is 0 Å². The molecule has 3 heteroatoms. The van der Waals surface area contributed by atoms with Gasteiger partial charge in [-0.25, -0.2) is 0 Å². The topological polar surface area (TPSA) is 28.1 Å². The molecule has 1 aliphatic heterocycles. The van der Waals surface area contributed by atoms with E-state index in [1.165, 1.54) is 22.2 Å². The number of nitrogens with one attached hydrogen (secondary N) is 1. The quantitative estimate of drug-likeness (QED) is 0.743. The third-order valence-electron chi connectivity index (χ3n) is 2.61. The van der Waals surface area contributed by atoms with Crippen LogP contribution in [0.15, 0.2) is 27.7 Å². The molecule has 0 fully saturated rings. The Balaban J connectivity index is 2.39.